The van der Waals surface area contributed by atoms with Crippen molar-refractivity contribution in [2.24, 2.45) is 0 Å². The Kier molecular flexibility index (Phi) is 7.30. The van der Waals surface area contributed by atoms with Crippen molar-refractivity contribution in [2.45, 2.75) is 49.6 Å². The zero-order valence-corrected chi connectivity index (χ0v) is 21.1. The van der Waals surface area contributed by atoms with Crippen molar-refractivity contribution in [3.63, 3.8) is 0 Å². The number of hydrogen-bond acceptors (Lipinski definition) is 6. The summed E-state index contributed by atoms with van der Waals surface area (Å²) in [7, 11) is -0.955. The van der Waals surface area contributed by atoms with Crippen LogP contribution in [-0.4, -0.2) is 101 Å². The Hall–Kier alpha value is -1.54. The number of fused-ring (bicyclic) bond motifs is 1. The molecule has 0 spiro atoms. The van der Waals surface area contributed by atoms with Crippen LogP contribution in [0.5, 0.6) is 0 Å². The fourth-order valence-electron chi connectivity index (χ4n) is 5.97. The first-order valence-electron chi connectivity index (χ1n) is 12.8. The highest BCUT2D eigenvalue weighted by atomic mass is 32.2. The molecule has 1 unspecified atom stereocenters. The average molecular weight is 470 g/mol. The molecule has 0 N–H and O–H groups in total. The summed E-state index contributed by atoms with van der Waals surface area (Å²) in [6.45, 7) is 13.2. The van der Waals surface area contributed by atoms with E-state index in [1.54, 1.807) is 6.26 Å². The summed E-state index contributed by atoms with van der Waals surface area (Å²) < 4.78 is 11.8. The van der Waals surface area contributed by atoms with Crippen LogP contribution in [0.1, 0.15) is 32.6 Å². The molecule has 3 aliphatic rings. The van der Waals surface area contributed by atoms with Crippen LogP contribution >= 0.6 is 0 Å². The van der Waals surface area contributed by atoms with E-state index in [0.29, 0.717) is 0 Å². The Morgan fingerprint density at radius 3 is 2.12 bits per heavy atom. The predicted molar refractivity (Wildman–Crippen MR) is 138 cm³/mol. The van der Waals surface area contributed by atoms with Crippen molar-refractivity contribution in [3.8, 4) is 0 Å². The SMILES string of the molecule is CCN1CCN(C2CCN(C3CCN(c4ccc5cc(S(C)=O)ccc5n4)CC3)CC2)CC1. The average Bonchev–Trinajstić information content (AvgIpc) is 2.88. The maximum atomic E-state index is 11.8. The molecule has 3 fully saturated rings. The molecule has 3 saturated heterocycles. The fourth-order valence-corrected chi connectivity index (χ4v) is 6.52. The number of nitrogens with zero attached hydrogens (tertiary/aromatic N) is 5. The van der Waals surface area contributed by atoms with Crippen molar-refractivity contribution in [3.05, 3.63) is 30.3 Å². The van der Waals surface area contributed by atoms with Crippen LogP contribution in [0.25, 0.3) is 10.9 Å². The number of likely N-dealkylation sites (tertiary alicyclic amines) is 1. The number of pyridine rings is 1. The van der Waals surface area contributed by atoms with Gasteiger partial charge in [0, 0.05) is 78.7 Å². The van der Waals surface area contributed by atoms with Crippen LogP contribution in [-0.2, 0) is 10.8 Å². The van der Waals surface area contributed by atoms with Crippen LogP contribution in [0, 0.1) is 0 Å². The molecule has 0 aliphatic carbocycles. The van der Waals surface area contributed by atoms with Gasteiger partial charge in [-0.3, -0.25) is 9.11 Å². The summed E-state index contributed by atoms with van der Waals surface area (Å²) >= 11 is 0. The van der Waals surface area contributed by atoms with Gasteiger partial charge in [0.05, 0.1) is 5.52 Å². The largest absolute Gasteiger partial charge is 0.356 e. The molecular weight excluding hydrogens is 430 g/mol. The predicted octanol–water partition coefficient (Wildman–Crippen LogP) is 3.04. The summed E-state index contributed by atoms with van der Waals surface area (Å²) in [6.07, 6.45) is 6.86. The molecule has 0 radical (unpaired) electrons. The Bertz CT molecular complexity index is 960. The molecule has 1 aromatic heterocycles. The van der Waals surface area contributed by atoms with Gasteiger partial charge in [0.2, 0.25) is 0 Å². The topological polar surface area (TPSA) is 42.9 Å². The Labute approximate surface area is 201 Å². The molecule has 0 amide bonds. The number of benzene rings is 1. The number of rotatable bonds is 5. The minimum atomic E-state index is -0.955. The molecule has 0 saturated carbocycles. The van der Waals surface area contributed by atoms with Crippen molar-refractivity contribution in [1.29, 1.82) is 0 Å². The number of piperidine rings is 2. The lowest BCUT2D eigenvalue weighted by Crippen LogP contribution is -2.55. The first-order valence-corrected chi connectivity index (χ1v) is 14.4. The van der Waals surface area contributed by atoms with Crippen molar-refractivity contribution in [1.82, 2.24) is 19.7 Å². The minimum Gasteiger partial charge on any atom is -0.356 e. The highest BCUT2D eigenvalue weighted by Crippen LogP contribution is 2.27. The van der Waals surface area contributed by atoms with Gasteiger partial charge in [-0.2, -0.15) is 0 Å². The molecule has 33 heavy (non-hydrogen) atoms. The normalized spacial score (nSPS) is 23.9. The van der Waals surface area contributed by atoms with Gasteiger partial charge in [-0.1, -0.05) is 6.92 Å². The van der Waals surface area contributed by atoms with E-state index in [2.05, 4.69) is 38.7 Å². The Balaban J connectivity index is 1.12. The molecule has 1 atom stereocenters. The van der Waals surface area contributed by atoms with Gasteiger partial charge in [-0.25, -0.2) is 4.98 Å². The molecule has 7 heteroatoms. The fraction of sp³-hybridized carbons (Fsp3) is 0.654. The van der Waals surface area contributed by atoms with E-state index in [4.69, 9.17) is 4.98 Å². The first-order chi connectivity index (χ1) is 16.1. The monoisotopic (exact) mass is 469 g/mol. The van der Waals surface area contributed by atoms with Crippen LogP contribution in [0.4, 0.5) is 5.82 Å². The van der Waals surface area contributed by atoms with E-state index in [1.165, 1.54) is 71.5 Å². The molecule has 180 valence electrons. The van der Waals surface area contributed by atoms with Crippen molar-refractivity contribution in [2.75, 3.05) is 70.1 Å². The third-order valence-electron chi connectivity index (χ3n) is 8.15. The number of likely N-dealkylation sites (N-methyl/N-ethyl adjacent to an activating group) is 1. The number of piperazine rings is 1. The Morgan fingerprint density at radius 1 is 0.848 bits per heavy atom. The zero-order valence-electron chi connectivity index (χ0n) is 20.3. The second kappa shape index (κ2) is 10.4. The molecular formula is C26H39N5OS. The zero-order chi connectivity index (χ0) is 22.8. The van der Waals surface area contributed by atoms with E-state index in [1.807, 2.05) is 18.2 Å². The minimum absolute atomic E-state index is 0.724. The van der Waals surface area contributed by atoms with Crippen LogP contribution in [0.3, 0.4) is 0 Å². The van der Waals surface area contributed by atoms with Gasteiger partial charge < -0.3 is 14.7 Å². The first kappa shape index (κ1) is 23.2. The van der Waals surface area contributed by atoms with Crippen molar-refractivity contribution >= 4 is 27.5 Å². The van der Waals surface area contributed by atoms with Gasteiger partial charge in [-0.05, 0) is 75.6 Å². The molecule has 4 heterocycles. The number of aromatic nitrogens is 1. The van der Waals surface area contributed by atoms with Crippen LogP contribution in [0.15, 0.2) is 35.2 Å². The van der Waals surface area contributed by atoms with Gasteiger partial charge >= 0.3 is 0 Å². The highest BCUT2D eigenvalue weighted by molar-refractivity contribution is 7.84. The third kappa shape index (κ3) is 5.26. The summed E-state index contributed by atoms with van der Waals surface area (Å²) in [5.74, 6) is 1.08. The summed E-state index contributed by atoms with van der Waals surface area (Å²) in [5.41, 5.74) is 0.991. The lowest BCUT2D eigenvalue weighted by molar-refractivity contribution is 0.0449. The molecule has 0 bridgehead atoms. The molecule has 6 nitrogen and oxygen atoms in total. The van der Waals surface area contributed by atoms with E-state index in [0.717, 1.165) is 46.8 Å². The van der Waals surface area contributed by atoms with Gasteiger partial charge in [0.1, 0.15) is 5.82 Å². The molecule has 2 aromatic rings. The van der Waals surface area contributed by atoms with Crippen molar-refractivity contribution < 1.29 is 4.21 Å². The van der Waals surface area contributed by atoms with Gasteiger partial charge in [-0.15, -0.1) is 0 Å². The molecule has 3 aliphatic heterocycles. The van der Waals surface area contributed by atoms with Crippen LogP contribution < -0.4 is 4.90 Å². The highest BCUT2D eigenvalue weighted by Gasteiger charge is 2.31. The number of anilines is 1. The van der Waals surface area contributed by atoms with Gasteiger partial charge in [0.25, 0.3) is 0 Å². The van der Waals surface area contributed by atoms with E-state index in [9.17, 15) is 4.21 Å². The van der Waals surface area contributed by atoms with Gasteiger partial charge in [0.15, 0.2) is 0 Å². The van der Waals surface area contributed by atoms with Crippen LogP contribution in [0.2, 0.25) is 0 Å². The smallest absolute Gasteiger partial charge is 0.129 e. The maximum absolute atomic E-state index is 11.8. The third-order valence-corrected chi connectivity index (χ3v) is 9.07. The second-order valence-electron chi connectivity index (χ2n) is 9.93. The quantitative estimate of drug-likeness (QED) is 0.671. The van der Waals surface area contributed by atoms with E-state index in [-0.39, 0.29) is 0 Å². The molecule has 1 aromatic carbocycles. The van der Waals surface area contributed by atoms with E-state index < -0.39 is 10.8 Å². The Morgan fingerprint density at radius 2 is 1.48 bits per heavy atom. The lowest BCUT2D eigenvalue weighted by atomic mass is 9.96. The van der Waals surface area contributed by atoms with E-state index >= 15 is 0 Å². The maximum Gasteiger partial charge on any atom is 0.129 e. The lowest BCUT2D eigenvalue weighted by Gasteiger charge is -2.46. The summed E-state index contributed by atoms with van der Waals surface area (Å²) in [4.78, 5) is 16.3. The molecule has 5 rings (SSSR count). The summed E-state index contributed by atoms with van der Waals surface area (Å²) in [5, 5.41) is 1.07. The standard InChI is InChI=1S/C26H39N5OS/c1-3-28-16-18-30(19-17-28)23-8-12-29(13-9-23)22-10-14-31(15-11-22)26-7-4-21-20-24(33(2)32)5-6-25(21)27-26/h4-7,20,22-23H,3,8-19H2,1-2H3. The second-order valence-corrected chi connectivity index (χ2v) is 11.3. The summed E-state index contributed by atoms with van der Waals surface area (Å²) in [6, 6.07) is 11.7. The number of hydrogen-bond donors (Lipinski definition) is 0.